The van der Waals surface area contributed by atoms with E-state index in [0.717, 1.165) is 0 Å². The summed E-state index contributed by atoms with van der Waals surface area (Å²) in [4.78, 5) is 0. The second-order valence-corrected chi connectivity index (χ2v) is 1.34. The van der Waals surface area contributed by atoms with Crippen molar-refractivity contribution in [2.75, 3.05) is 0 Å². The highest BCUT2D eigenvalue weighted by Gasteiger charge is 1.84. The zero-order chi connectivity index (χ0) is 4.50. The molecule has 0 atom stereocenters. The second-order valence-electron chi connectivity index (χ2n) is 0.448. The van der Waals surface area contributed by atoms with Gasteiger partial charge in [0.2, 0.25) is 0 Å². The van der Waals surface area contributed by atoms with Gasteiger partial charge in [0.1, 0.15) is 0 Å². The van der Waals surface area contributed by atoms with E-state index in [1.165, 1.54) is 0 Å². The van der Waals surface area contributed by atoms with E-state index in [4.69, 9.17) is 17.5 Å². The summed E-state index contributed by atoms with van der Waals surface area (Å²) in [5.41, 5.74) is 0. The van der Waals surface area contributed by atoms with Gasteiger partial charge in [-0.2, -0.15) is 8.42 Å². The predicted octanol–water partition coefficient (Wildman–Crippen LogP) is -11.3. The van der Waals surface area contributed by atoms with Gasteiger partial charge in [-0.3, -0.25) is 9.11 Å². The number of hydrogen-bond donors (Lipinski definition) is 3. The summed E-state index contributed by atoms with van der Waals surface area (Å²) in [5, 5.41) is 0. The Morgan fingerprint density at radius 1 is 0.474 bits per heavy atom. The average molecular weight is 358 g/mol. The summed E-state index contributed by atoms with van der Waals surface area (Å²) in [6.45, 7) is 0. The molecule has 0 aromatic rings. The van der Waals surface area contributed by atoms with Crippen LogP contribution in [-0.4, -0.2) is 106 Å². The third-order valence-corrected chi connectivity index (χ3v) is 0. The molecule has 0 spiro atoms. The molecule has 0 aliphatic rings. The average Bonchev–Trinajstić information content (AvgIpc) is 0.722. The zero-order valence-electron chi connectivity index (χ0n) is 8.83. The van der Waals surface area contributed by atoms with Crippen LogP contribution < -0.4 is 6.15 Å². The molecule has 0 saturated heterocycles. The predicted molar refractivity (Wildman–Crippen MR) is 71.1 cm³/mol. The van der Waals surface area contributed by atoms with E-state index < -0.39 is 10.4 Å². The van der Waals surface area contributed by atoms with Crippen molar-refractivity contribution in [3.05, 3.63) is 0 Å². The van der Waals surface area contributed by atoms with Gasteiger partial charge < -0.3 is 71.9 Å². The van der Waals surface area contributed by atoms with Crippen LogP contribution in [0.25, 0.3) is 0 Å². The van der Waals surface area contributed by atoms with Crippen molar-refractivity contribution in [2.24, 2.45) is 0 Å². The van der Waals surface area contributed by atoms with E-state index in [-0.39, 0.29) is 94.9 Å². The fraction of sp³-hybridized carbons (Fsp3) is 0. The summed E-state index contributed by atoms with van der Waals surface area (Å²) in [7, 11) is -4.67. The maximum atomic E-state index is 8.74. The normalized spacial score (nSPS) is 3.05. The van der Waals surface area contributed by atoms with Gasteiger partial charge in [-0.05, 0) is 0 Å². The van der Waals surface area contributed by atoms with Crippen LogP contribution in [0, 0.1) is 0 Å². The molecule has 29 N–H and O–H groups in total. The van der Waals surface area contributed by atoms with Crippen LogP contribution in [-0.2, 0) is 10.4 Å². The molecular weight excluding hydrogens is 326 g/mol. The Morgan fingerprint density at radius 3 is 0.474 bits per heavy atom. The quantitative estimate of drug-likeness (QED) is 0.279. The van der Waals surface area contributed by atoms with Crippen LogP contribution in [0.1, 0.15) is 0 Å². The van der Waals surface area contributed by atoms with Gasteiger partial charge in [0.25, 0.3) is 0 Å². The molecule has 0 heterocycles. The van der Waals surface area contributed by atoms with Gasteiger partial charge in [-0.25, -0.2) is 0 Å². The smallest absolute Gasteiger partial charge is 0.394 e. The first kappa shape index (κ1) is 370. The third kappa shape index (κ3) is 348000. The molecular formula is H31MgNO16S. The zero-order valence-corrected chi connectivity index (χ0v) is 9.64. The molecule has 0 aliphatic carbocycles. The van der Waals surface area contributed by atoms with Crippen LogP contribution in [0.3, 0.4) is 0 Å². The minimum absolute atomic E-state index is 0. The van der Waals surface area contributed by atoms with E-state index in [1.807, 2.05) is 0 Å². The van der Waals surface area contributed by atoms with Gasteiger partial charge in [0.05, 0.1) is 0 Å². The standard InChI is InChI=1S/Mg.H3N.H2O4S.12H2O.2H/c;;1-5(2,3)4;;;;;;;;;;;;;;/h;1H3;(H2,1,2,3,4);12*1H2;;. The first-order chi connectivity index (χ1) is 2.00. The Hall–Kier alpha value is 0.116. The minimum Gasteiger partial charge on any atom is -0.412 e. The maximum absolute atomic E-state index is 8.74. The lowest BCUT2D eigenvalue weighted by Gasteiger charge is -1.68. The molecule has 0 saturated carbocycles. The van der Waals surface area contributed by atoms with Gasteiger partial charge >= 0.3 is 33.5 Å². The Bertz CT molecular complexity index is 99.9. The SMILES string of the molecule is N.O.O.O.O.O.O.O.O.O.O.O.O.O=S(=O)(O)O.[MgH2]. The molecule has 19 heteroatoms. The molecule has 140 valence electrons. The van der Waals surface area contributed by atoms with Gasteiger partial charge in [-0.15, -0.1) is 0 Å². The monoisotopic (exact) mass is 357 g/mol. The van der Waals surface area contributed by atoms with Crippen LogP contribution in [0.4, 0.5) is 0 Å². The Balaban J connectivity index is -0.000000000879. The van der Waals surface area contributed by atoms with Crippen molar-refractivity contribution in [1.82, 2.24) is 6.15 Å². The van der Waals surface area contributed by atoms with Crippen molar-refractivity contribution < 1.29 is 83.2 Å². The number of hydrogen-bond acceptors (Lipinski definition) is 3. The van der Waals surface area contributed by atoms with E-state index in [2.05, 4.69) is 0 Å². The van der Waals surface area contributed by atoms with Crippen molar-refractivity contribution in [3.63, 3.8) is 0 Å². The summed E-state index contributed by atoms with van der Waals surface area (Å²) >= 11 is 0. The molecule has 19 heavy (non-hydrogen) atoms. The van der Waals surface area contributed by atoms with E-state index in [0.29, 0.717) is 0 Å². The lowest BCUT2D eigenvalue weighted by Crippen LogP contribution is -1.89. The fourth-order valence-corrected chi connectivity index (χ4v) is 0. The van der Waals surface area contributed by atoms with Gasteiger partial charge in [-0.1, -0.05) is 0 Å². The summed E-state index contributed by atoms with van der Waals surface area (Å²) in [6, 6.07) is 0. The Labute approximate surface area is 123 Å². The van der Waals surface area contributed by atoms with Gasteiger partial charge in [0.15, 0.2) is 0 Å². The van der Waals surface area contributed by atoms with Crippen molar-refractivity contribution in [1.29, 1.82) is 0 Å². The molecule has 0 unspecified atom stereocenters. The van der Waals surface area contributed by atoms with Crippen molar-refractivity contribution >= 4 is 33.5 Å². The first-order valence-corrected chi connectivity index (χ1v) is 2.10. The largest absolute Gasteiger partial charge is 0.412 e. The van der Waals surface area contributed by atoms with Crippen molar-refractivity contribution in [3.8, 4) is 0 Å². The molecule has 17 nitrogen and oxygen atoms in total. The fourth-order valence-electron chi connectivity index (χ4n) is 0. The highest BCUT2D eigenvalue weighted by molar-refractivity contribution is 7.79. The molecule has 0 bridgehead atoms. The Morgan fingerprint density at radius 2 is 0.474 bits per heavy atom. The highest BCUT2D eigenvalue weighted by Crippen LogP contribution is 1.59. The molecule has 0 fully saturated rings. The van der Waals surface area contributed by atoms with E-state index >= 15 is 0 Å². The van der Waals surface area contributed by atoms with E-state index in [9.17, 15) is 0 Å². The molecule has 0 aromatic carbocycles. The Kier molecular flexibility index (Phi) is 2770. The third-order valence-electron chi connectivity index (χ3n) is 0. The summed E-state index contributed by atoms with van der Waals surface area (Å²) in [5.74, 6) is 0. The molecule has 0 rings (SSSR count). The molecule has 0 aliphatic heterocycles. The molecule has 0 radical (unpaired) electrons. The van der Waals surface area contributed by atoms with Crippen LogP contribution in [0.2, 0.25) is 0 Å². The lowest BCUT2D eigenvalue weighted by atomic mass is 14.0. The van der Waals surface area contributed by atoms with Crippen LogP contribution in [0.15, 0.2) is 0 Å². The van der Waals surface area contributed by atoms with E-state index in [1.54, 1.807) is 0 Å². The van der Waals surface area contributed by atoms with Gasteiger partial charge in [0, 0.05) is 0 Å². The first-order valence-electron chi connectivity index (χ1n) is 0.698. The highest BCUT2D eigenvalue weighted by atomic mass is 32.3. The summed E-state index contributed by atoms with van der Waals surface area (Å²) in [6.07, 6.45) is 0. The molecule has 0 aromatic heterocycles. The number of rotatable bonds is 0. The summed E-state index contributed by atoms with van der Waals surface area (Å²) < 4.78 is 31.6. The topological polar surface area (TPSA) is 488 Å². The lowest BCUT2D eigenvalue weighted by molar-refractivity contribution is 0.381. The van der Waals surface area contributed by atoms with Crippen molar-refractivity contribution in [2.45, 2.75) is 0 Å². The van der Waals surface area contributed by atoms with Crippen LogP contribution >= 0.6 is 0 Å². The van der Waals surface area contributed by atoms with Crippen LogP contribution in [0.5, 0.6) is 0 Å². The minimum atomic E-state index is -4.67. The maximum Gasteiger partial charge on any atom is 0.394 e. The second kappa shape index (κ2) is 142. The molecule has 0 amide bonds.